The Morgan fingerprint density at radius 1 is 0.844 bits per heavy atom. The maximum absolute atomic E-state index is 13.3. The van der Waals surface area contributed by atoms with Crippen molar-refractivity contribution in [2.45, 2.75) is 11.1 Å². The van der Waals surface area contributed by atoms with Crippen molar-refractivity contribution in [3.8, 4) is 0 Å². The molecule has 9 heteroatoms. The maximum atomic E-state index is 13.3. The van der Waals surface area contributed by atoms with Crippen molar-refractivity contribution < 1.29 is 22.8 Å². The van der Waals surface area contributed by atoms with E-state index < -0.39 is 23.6 Å². The van der Waals surface area contributed by atoms with E-state index in [2.05, 4.69) is 5.32 Å². The maximum Gasteiger partial charge on any atom is 0.416 e. The third kappa shape index (κ3) is 4.37. The Morgan fingerprint density at radius 3 is 2.09 bits per heavy atom. The Bertz CT molecular complexity index is 1150. The van der Waals surface area contributed by atoms with E-state index in [1.54, 1.807) is 60.7 Å². The highest BCUT2D eigenvalue weighted by atomic mass is 35.5. The predicted molar refractivity (Wildman–Crippen MR) is 118 cm³/mol. The van der Waals surface area contributed by atoms with Gasteiger partial charge in [0.15, 0.2) is 0 Å². The van der Waals surface area contributed by atoms with Gasteiger partial charge in [0.1, 0.15) is 10.6 Å². The van der Waals surface area contributed by atoms with E-state index in [0.29, 0.717) is 21.5 Å². The number of hydrogen-bond donors (Lipinski definition) is 1. The molecule has 32 heavy (non-hydrogen) atoms. The molecule has 1 aliphatic heterocycles. The molecule has 0 fully saturated rings. The first-order valence-corrected chi connectivity index (χ1v) is 10.5. The molecule has 1 aliphatic rings. The van der Waals surface area contributed by atoms with E-state index in [0.717, 1.165) is 23.9 Å². The van der Waals surface area contributed by atoms with E-state index in [1.807, 2.05) is 0 Å². The van der Waals surface area contributed by atoms with Crippen LogP contribution in [0.15, 0.2) is 94.4 Å². The van der Waals surface area contributed by atoms with E-state index in [1.165, 1.54) is 0 Å². The monoisotopic (exact) mass is 474 g/mol. The van der Waals surface area contributed by atoms with Gasteiger partial charge in [0, 0.05) is 10.6 Å². The summed E-state index contributed by atoms with van der Waals surface area (Å²) in [6.07, 6.45) is -4.66. The molecular formula is C23H14ClF3N2O2S. The molecule has 0 saturated carbocycles. The Hall–Kier alpha value is -3.23. The molecule has 0 spiro atoms. The molecule has 0 aliphatic carbocycles. The van der Waals surface area contributed by atoms with Crippen molar-refractivity contribution in [3.63, 3.8) is 0 Å². The highest BCUT2D eigenvalue weighted by Gasteiger charge is 2.42. The lowest BCUT2D eigenvalue weighted by Crippen LogP contribution is -2.33. The van der Waals surface area contributed by atoms with E-state index in [-0.39, 0.29) is 21.3 Å². The van der Waals surface area contributed by atoms with E-state index in [9.17, 15) is 22.8 Å². The summed E-state index contributed by atoms with van der Waals surface area (Å²) in [6.45, 7) is 0. The number of hydrogen-bond acceptors (Lipinski definition) is 4. The number of carbonyl (C=O) groups excluding carboxylic acids is 2. The van der Waals surface area contributed by atoms with Gasteiger partial charge in [-0.05, 0) is 42.5 Å². The molecule has 0 aromatic heterocycles. The quantitative estimate of drug-likeness (QED) is 0.438. The van der Waals surface area contributed by atoms with Gasteiger partial charge in [-0.2, -0.15) is 13.2 Å². The Kier molecular flexibility index (Phi) is 5.99. The van der Waals surface area contributed by atoms with Gasteiger partial charge < -0.3 is 5.32 Å². The van der Waals surface area contributed by atoms with Crippen LogP contribution in [0.4, 0.5) is 24.5 Å². The Morgan fingerprint density at radius 2 is 1.47 bits per heavy atom. The molecule has 0 unspecified atom stereocenters. The average molecular weight is 475 g/mol. The number of rotatable bonds is 5. The number of benzene rings is 3. The molecular weight excluding hydrogens is 461 g/mol. The number of nitrogens with one attached hydrogen (secondary N) is 1. The standard InChI is InChI=1S/C23H14ClF3N2O2S/c24-17-12-11-14(23(25,26)27)13-18(17)29-21(30)19(28-15-7-3-1-4-8-15)20(22(29)31)32-16-9-5-2-6-10-16/h1-13,28H. The second-order valence-electron chi connectivity index (χ2n) is 6.72. The first kappa shape index (κ1) is 22.0. The fourth-order valence-corrected chi connectivity index (χ4v) is 4.22. The summed E-state index contributed by atoms with van der Waals surface area (Å²) < 4.78 is 39.8. The lowest BCUT2D eigenvalue weighted by molar-refractivity contribution is -0.137. The largest absolute Gasteiger partial charge is 0.416 e. The third-order valence-corrected chi connectivity index (χ3v) is 5.97. The number of imide groups is 1. The molecule has 2 amide bonds. The van der Waals surface area contributed by atoms with E-state index in [4.69, 9.17) is 11.6 Å². The van der Waals surface area contributed by atoms with Crippen molar-refractivity contribution >= 4 is 46.6 Å². The summed E-state index contributed by atoms with van der Waals surface area (Å²) in [6, 6.07) is 20.1. The molecule has 0 saturated heterocycles. The van der Waals surface area contributed by atoms with Gasteiger partial charge in [-0.1, -0.05) is 59.8 Å². The van der Waals surface area contributed by atoms with Crippen molar-refractivity contribution in [2.24, 2.45) is 0 Å². The van der Waals surface area contributed by atoms with Gasteiger partial charge in [0.2, 0.25) is 0 Å². The van der Waals surface area contributed by atoms with Crippen molar-refractivity contribution in [1.29, 1.82) is 0 Å². The van der Waals surface area contributed by atoms with Crippen LogP contribution in [-0.2, 0) is 15.8 Å². The molecule has 162 valence electrons. The highest BCUT2D eigenvalue weighted by molar-refractivity contribution is 8.04. The van der Waals surface area contributed by atoms with Crippen molar-refractivity contribution in [1.82, 2.24) is 0 Å². The molecule has 3 aromatic carbocycles. The molecule has 1 heterocycles. The van der Waals surface area contributed by atoms with Gasteiger partial charge in [-0.25, -0.2) is 4.90 Å². The molecule has 0 atom stereocenters. The minimum Gasteiger partial charge on any atom is -0.350 e. The van der Waals surface area contributed by atoms with Gasteiger partial charge in [-0.15, -0.1) is 0 Å². The summed E-state index contributed by atoms with van der Waals surface area (Å²) in [5, 5.41) is 2.79. The number of amides is 2. The zero-order valence-electron chi connectivity index (χ0n) is 16.2. The summed E-state index contributed by atoms with van der Waals surface area (Å²) in [5.41, 5.74) is -0.831. The van der Waals surface area contributed by atoms with Crippen LogP contribution < -0.4 is 10.2 Å². The SMILES string of the molecule is O=C1C(Nc2ccccc2)=C(Sc2ccccc2)C(=O)N1c1cc(C(F)(F)F)ccc1Cl. The molecule has 4 rings (SSSR count). The number of halogens is 4. The number of thioether (sulfide) groups is 1. The molecule has 1 N–H and O–H groups in total. The Labute approximate surface area is 190 Å². The van der Waals surface area contributed by atoms with Gasteiger partial charge in [0.05, 0.1) is 16.3 Å². The number of para-hydroxylation sites is 1. The lowest BCUT2D eigenvalue weighted by atomic mass is 10.2. The minimum absolute atomic E-state index is 0.0384. The van der Waals surface area contributed by atoms with Crippen molar-refractivity contribution in [2.75, 3.05) is 10.2 Å². The second-order valence-corrected chi connectivity index (χ2v) is 8.21. The number of carbonyl (C=O) groups is 2. The van der Waals surface area contributed by atoms with Gasteiger partial charge in [0.25, 0.3) is 11.8 Å². The topological polar surface area (TPSA) is 49.4 Å². The molecule has 0 radical (unpaired) electrons. The van der Waals surface area contributed by atoms with Crippen LogP contribution in [0, 0.1) is 0 Å². The number of nitrogens with zero attached hydrogens (tertiary/aromatic N) is 1. The lowest BCUT2D eigenvalue weighted by Gasteiger charge is -2.18. The van der Waals surface area contributed by atoms with Crippen LogP contribution >= 0.6 is 23.4 Å². The smallest absolute Gasteiger partial charge is 0.350 e. The molecule has 4 nitrogen and oxygen atoms in total. The second kappa shape index (κ2) is 8.72. The fraction of sp³-hybridized carbons (Fsp3) is 0.0435. The summed E-state index contributed by atoms with van der Waals surface area (Å²) in [7, 11) is 0. The van der Waals surface area contributed by atoms with Crippen LogP contribution in [0.1, 0.15) is 5.56 Å². The van der Waals surface area contributed by atoms with Crippen LogP contribution in [0.2, 0.25) is 5.02 Å². The molecule has 0 bridgehead atoms. The summed E-state index contributed by atoms with van der Waals surface area (Å²) in [4.78, 5) is 28.0. The third-order valence-electron chi connectivity index (χ3n) is 4.56. The van der Waals surface area contributed by atoms with Gasteiger partial charge in [-0.3, -0.25) is 9.59 Å². The normalized spacial score (nSPS) is 14.3. The highest BCUT2D eigenvalue weighted by Crippen LogP contribution is 2.41. The number of alkyl halides is 3. The van der Waals surface area contributed by atoms with E-state index >= 15 is 0 Å². The Balaban J connectivity index is 1.78. The zero-order chi connectivity index (χ0) is 22.9. The van der Waals surface area contributed by atoms with Gasteiger partial charge >= 0.3 is 6.18 Å². The van der Waals surface area contributed by atoms with Crippen molar-refractivity contribution in [3.05, 3.63) is 100 Å². The predicted octanol–water partition coefficient (Wildman–Crippen LogP) is 6.35. The first-order valence-electron chi connectivity index (χ1n) is 9.30. The minimum atomic E-state index is -4.66. The summed E-state index contributed by atoms with van der Waals surface area (Å²) in [5.74, 6) is -1.55. The van der Waals surface area contributed by atoms with Crippen LogP contribution in [-0.4, -0.2) is 11.8 Å². The number of anilines is 2. The van der Waals surface area contributed by atoms with Crippen LogP contribution in [0.5, 0.6) is 0 Å². The van der Waals surface area contributed by atoms with Crippen LogP contribution in [0.3, 0.4) is 0 Å². The average Bonchev–Trinajstić information content (AvgIpc) is 2.99. The first-order chi connectivity index (χ1) is 15.3. The fourth-order valence-electron chi connectivity index (χ4n) is 3.07. The van der Waals surface area contributed by atoms with Crippen LogP contribution in [0.25, 0.3) is 0 Å². The molecule has 3 aromatic rings. The summed E-state index contributed by atoms with van der Waals surface area (Å²) >= 11 is 7.16. The zero-order valence-corrected chi connectivity index (χ0v) is 17.8.